The van der Waals surface area contributed by atoms with Gasteiger partial charge in [0.1, 0.15) is 11.6 Å². The third-order valence-corrected chi connectivity index (χ3v) is 3.52. The van der Waals surface area contributed by atoms with Gasteiger partial charge in [0.25, 0.3) is 0 Å². The van der Waals surface area contributed by atoms with Crippen LogP contribution in [0.4, 0.5) is 24.8 Å². The maximum Gasteiger partial charge on any atom is 0.391 e. The van der Waals surface area contributed by atoms with Crippen LogP contribution >= 0.6 is 0 Å². The molecule has 1 saturated heterocycles. The van der Waals surface area contributed by atoms with Gasteiger partial charge in [0.05, 0.1) is 5.92 Å². The van der Waals surface area contributed by atoms with E-state index in [0.717, 1.165) is 11.6 Å². The first-order valence-corrected chi connectivity index (χ1v) is 7.22. The number of halogens is 3. The van der Waals surface area contributed by atoms with E-state index < -0.39 is 12.1 Å². The molecule has 1 aromatic heterocycles. The Labute approximate surface area is 123 Å². The van der Waals surface area contributed by atoms with Crippen molar-refractivity contribution in [3.8, 4) is 0 Å². The van der Waals surface area contributed by atoms with Gasteiger partial charge in [-0.25, -0.2) is 4.98 Å². The van der Waals surface area contributed by atoms with Gasteiger partial charge in [-0.1, -0.05) is 6.07 Å². The molecule has 0 radical (unpaired) electrons. The molecule has 0 unspecified atom stereocenters. The molecular weight excluding hydrogens is 279 g/mol. The van der Waals surface area contributed by atoms with Gasteiger partial charge in [-0.05, 0) is 45.7 Å². The molecule has 0 aromatic carbocycles. The highest BCUT2D eigenvalue weighted by atomic mass is 19.4. The standard InChI is InChI=1S/C15H22F3N3/c1-14(2,3)20-12-5-4-6-13(19-12)21-9-7-11(8-10-21)15(16,17)18/h4-6,11H,7-10H2,1-3H3,(H,19,20). The molecule has 3 nitrogen and oxygen atoms in total. The van der Waals surface area contributed by atoms with E-state index in [9.17, 15) is 13.2 Å². The van der Waals surface area contributed by atoms with Crippen molar-refractivity contribution in [2.24, 2.45) is 5.92 Å². The maximum atomic E-state index is 12.7. The average molecular weight is 301 g/mol. The van der Waals surface area contributed by atoms with Crippen molar-refractivity contribution in [2.45, 2.75) is 45.3 Å². The first-order valence-electron chi connectivity index (χ1n) is 7.22. The number of hydrogen-bond donors (Lipinski definition) is 1. The molecule has 6 heteroatoms. The molecule has 2 rings (SSSR count). The van der Waals surface area contributed by atoms with Crippen molar-refractivity contribution in [3.63, 3.8) is 0 Å². The zero-order valence-corrected chi connectivity index (χ0v) is 12.7. The number of alkyl halides is 3. The third kappa shape index (κ3) is 4.51. The average Bonchev–Trinajstić information content (AvgIpc) is 2.36. The van der Waals surface area contributed by atoms with E-state index in [1.807, 2.05) is 43.9 Å². The maximum absolute atomic E-state index is 12.7. The number of rotatable bonds is 2. The summed E-state index contributed by atoms with van der Waals surface area (Å²) in [4.78, 5) is 6.43. The monoisotopic (exact) mass is 301 g/mol. The third-order valence-electron chi connectivity index (χ3n) is 3.52. The fraction of sp³-hybridized carbons (Fsp3) is 0.667. The largest absolute Gasteiger partial charge is 0.391 e. The number of aromatic nitrogens is 1. The fourth-order valence-electron chi connectivity index (χ4n) is 2.49. The molecule has 1 aromatic rings. The molecule has 0 bridgehead atoms. The van der Waals surface area contributed by atoms with Crippen LogP contribution in [-0.2, 0) is 0 Å². The van der Waals surface area contributed by atoms with Crippen LogP contribution in [0.15, 0.2) is 18.2 Å². The summed E-state index contributed by atoms with van der Waals surface area (Å²) in [7, 11) is 0. The lowest BCUT2D eigenvalue weighted by atomic mass is 9.96. The number of piperidine rings is 1. The summed E-state index contributed by atoms with van der Waals surface area (Å²) in [5, 5.41) is 3.28. The molecule has 0 spiro atoms. The molecule has 118 valence electrons. The number of hydrogen-bond acceptors (Lipinski definition) is 3. The number of anilines is 2. The van der Waals surface area contributed by atoms with Crippen LogP contribution < -0.4 is 10.2 Å². The summed E-state index contributed by atoms with van der Waals surface area (Å²) in [5.74, 6) is 0.312. The predicted octanol–water partition coefficient (Wildman–Crippen LogP) is 4.07. The van der Waals surface area contributed by atoms with Crippen molar-refractivity contribution < 1.29 is 13.2 Å². The number of pyridine rings is 1. The lowest BCUT2D eigenvalue weighted by Crippen LogP contribution is -2.39. The van der Waals surface area contributed by atoms with E-state index in [4.69, 9.17) is 0 Å². The Morgan fingerprint density at radius 3 is 2.29 bits per heavy atom. The Hall–Kier alpha value is -1.46. The summed E-state index contributed by atoms with van der Waals surface area (Å²) < 4.78 is 38.0. The Morgan fingerprint density at radius 1 is 1.14 bits per heavy atom. The number of nitrogens with one attached hydrogen (secondary N) is 1. The van der Waals surface area contributed by atoms with Gasteiger partial charge in [0, 0.05) is 18.6 Å². The van der Waals surface area contributed by atoms with Crippen LogP contribution in [0, 0.1) is 5.92 Å². The van der Waals surface area contributed by atoms with Gasteiger partial charge in [-0.15, -0.1) is 0 Å². The van der Waals surface area contributed by atoms with E-state index in [-0.39, 0.29) is 18.4 Å². The Balaban J connectivity index is 2.02. The van der Waals surface area contributed by atoms with Crippen LogP contribution in [0.5, 0.6) is 0 Å². The molecule has 0 saturated carbocycles. The molecule has 1 fully saturated rings. The van der Waals surface area contributed by atoms with E-state index in [1.165, 1.54) is 0 Å². The van der Waals surface area contributed by atoms with E-state index in [2.05, 4.69) is 10.3 Å². The number of nitrogens with zero attached hydrogens (tertiary/aromatic N) is 2. The van der Waals surface area contributed by atoms with Crippen LogP contribution in [0.25, 0.3) is 0 Å². The smallest absolute Gasteiger partial charge is 0.365 e. The zero-order valence-electron chi connectivity index (χ0n) is 12.7. The van der Waals surface area contributed by atoms with Crippen molar-refractivity contribution in [1.29, 1.82) is 0 Å². The normalized spacial score (nSPS) is 17.9. The Morgan fingerprint density at radius 2 is 1.76 bits per heavy atom. The quantitative estimate of drug-likeness (QED) is 0.892. The van der Waals surface area contributed by atoms with Crippen molar-refractivity contribution >= 4 is 11.6 Å². The summed E-state index contributed by atoms with van der Waals surface area (Å²) in [6.07, 6.45) is -3.79. The molecule has 1 aliphatic rings. The van der Waals surface area contributed by atoms with Gasteiger partial charge in [0.2, 0.25) is 0 Å². The van der Waals surface area contributed by atoms with Crippen LogP contribution in [0.2, 0.25) is 0 Å². The minimum atomic E-state index is -4.07. The van der Waals surface area contributed by atoms with Crippen LogP contribution in [0.1, 0.15) is 33.6 Å². The van der Waals surface area contributed by atoms with Crippen molar-refractivity contribution in [2.75, 3.05) is 23.3 Å². The molecule has 2 heterocycles. The Bertz CT molecular complexity index is 472. The summed E-state index contributed by atoms with van der Waals surface area (Å²) in [5.41, 5.74) is -0.102. The molecule has 0 aliphatic carbocycles. The lowest BCUT2D eigenvalue weighted by molar-refractivity contribution is -0.179. The second kappa shape index (κ2) is 5.73. The van der Waals surface area contributed by atoms with Gasteiger partial charge in [-0.3, -0.25) is 0 Å². The second-order valence-corrected chi connectivity index (χ2v) is 6.56. The summed E-state index contributed by atoms with van der Waals surface area (Å²) in [6.45, 7) is 6.91. The van der Waals surface area contributed by atoms with Gasteiger partial charge < -0.3 is 10.2 Å². The molecule has 0 amide bonds. The lowest BCUT2D eigenvalue weighted by Gasteiger charge is -2.34. The summed E-state index contributed by atoms with van der Waals surface area (Å²) >= 11 is 0. The predicted molar refractivity (Wildman–Crippen MR) is 78.6 cm³/mol. The topological polar surface area (TPSA) is 28.2 Å². The second-order valence-electron chi connectivity index (χ2n) is 6.56. The molecule has 1 aliphatic heterocycles. The van der Waals surface area contributed by atoms with Crippen molar-refractivity contribution in [3.05, 3.63) is 18.2 Å². The summed E-state index contributed by atoms with van der Waals surface area (Å²) in [6, 6.07) is 5.60. The molecule has 21 heavy (non-hydrogen) atoms. The molecular formula is C15H22F3N3. The minimum Gasteiger partial charge on any atom is -0.365 e. The van der Waals surface area contributed by atoms with Gasteiger partial charge in [-0.2, -0.15) is 13.2 Å². The zero-order chi connectivity index (χ0) is 15.7. The highest BCUT2D eigenvalue weighted by Gasteiger charge is 2.41. The van der Waals surface area contributed by atoms with Crippen LogP contribution in [-0.4, -0.2) is 29.8 Å². The first-order chi connectivity index (χ1) is 9.65. The first kappa shape index (κ1) is 15.9. The minimum absolute atomic E-state index is 0.102. The molecule has 0 atom stereocenters. The highest BCUT2D eigenvalue weighted by Crippen LogP contribution is 2.35. The molecule has 1 N–H and O–H groups in total. The van der Waals surface area contributed by atoms with E-state index >= 15 is 0 Å². The fourth-order valence-corrected chi connectivity index (χ4v) is 2.49. The van der Waals surface area contributed by atoms with Gasteiger partial charge >= 0.3 is 6.18 Å². The van der Waals surface area contributed by atoms with Crippen molar-refractivity contribution in [1.82, 2.24) is 4.98 Å². The highest BCUT2D eigenvalue weighted by molar-refractivity contribution is 5.48. The van der Waals surface area contributed by atoms with E-state index in [0.29, 0.717) is 13.1 Å². The van der Waals surface area contributed by atoms with Crippen LogP contribution in [0.3, 0.4) is 0 Å². The van der Waals surface area contributed by atoms with Gasteiger partial charge in [0.15, 0.2) is 0 Å². The van der Waals surface area contributed by atoms with E-state index in [1.54, 1.807) is 0 Å². The Kier molecular flexibility index (Phi) is 4.35. The SMILES string of the molecule is CC(C)(C)Nc1cccc(N2CCC(C(F)(F)F)CC2)n1.